The fourth-order valence-corrected chi connectivity index (χ4v) is 7.22. The lowest BCUT2D eigenvalue weighted by Gasteiger charge is -2.36. The molecule has 9 nitrogen and oxygen atoms in total. The van der Waals surface area contributed by atoms with E-state index in [1.165, 1.54) is 24.4 Å². The molecule has 1 aliphatic heterocycles. The average Bonchev–Trinajstić information content (AvgIpc) is 3.34. The first kappa shape index (κ1) is 34.5. The number of hydrogen-bond acceptors (Lipinski definition) is 8. The number of rotatable bonds is 9. The molecule has 2 fully saturated rings. The van der Waals surface area contributed by atoms with Crippen LogP contribution in [0.5, 0.6) is 0 Å². The maximum atomic E-state index is 13.2. The van der Waals surface area contributed by atoms with Crippen LogP contribution in [0.2, 0.25) is 0 Å². The summed E-state index contributed by atoms with van der Waals surface area (Å²) in [5, 5.41) is 2.66. The third kappa shape index (κ3) is 7.85. The minimum absolute atomic E-state index is 0.0572. The van der Waals surface area contributed by atoms with Crippen molar-refractivity contribution in [3.8, 4) is 22.3 Å². The van der Waals surface area contributed by atoms with Crippen molar-refractivity contribution in [3.05, 3.63) is 73.2 Å². The second-order valence-corrected chi connectivity index (χ2v) is 14.6. The third-order valence-corrected chi connectivity index (χ3v) is 10.1. The van der Waals surface area contributed by atoms with Crippen LogP contribution in [-0.4, -0.2) is 48.0 Å². The molecule has 4 atom stereocenters. The zero-order valence-corrected chi connectivity index (χ0v) is 27.3. The molecule has 0 bridgehead atoms. The SMILES string of the molecule is C=CCC(CC)[C@]1(C)C[C@]2(CCCC(OC(=O)Nc3ncc(-c4ccc(S(C)(=O)=O)cc4)cc3-c3ccc(C(F)(F)F)nc3)C2)OO1. The Morgan fingerprint density at radius 2 is 1.83 bits per heavy atom. The maximum absolute atomic E-state index is 13.2. The van der Waals surface area contributed by atoms with E-state index in [1.54, 1.807) is 18.2 Å². The fourth-order valence-electron chi connectivity index (χ4n) is 6.59. The van der Waals surface area contributed by atoms with E-state index in [4.69, 9.17) is 14.5 Å². The van der Waals surface area contributed by atoms with Gasteiger partial charge in [-0.25, -0.2) is 28.0 Å². The van der Waals surface area contributed by atoms with Crippen molar-refractivity contribution in [1.82, 2.24) is 9.97 Å². The molecule has 1 amide bonds. The smallest absolute Gasteiger partial charge is 0.433 e. The van der Waals surface area contributed by atoms with Gasteiger partial charge < -0.3 is 4.74 Å². The van der Waals surface area contributed by atoms with Gasteiger partial charge in [-0.1, -0.05) is 37.6 Å². The largest absolute Gasteiger partial charge is 0.446 e. The lowest BCUT2D eigenvalue weighted by Crippen LogP contribution is -2.42. The molecule has 13 heteroatoms. The van der Waals surface area contributed by atoms with Crippen molar-refractivity contribution in [3.63, 3.8) is 0 Å². The number of allylic oxidation sites excluding steroid dienone is 1. The summed E-state index contributed by atoms with van der Waals surface area (Å²) >= 11 is 0. The molecular formula is C34H38F3N3O6S. The van der Waals surface area contributed by atoms with Crippen molar-refractivity contribution in [2.24, 2.45) is 5.92 Å². The first-order valence-electron chi connectivity index (χ1n) is 15.4. The normalized spacial score (nSPS) is 23.7. The highest BCUT2D eigenvalue weighted by molar-refractivity contribution is 7.90. The predicted octanol–water partition coefficient (Wildman–Crippen LogP) is 8.18. The highest BCUT2D eigenvalue weighted by Gasteiger charge is 2.54. The van der Waals surface area contributed by atoms with Gasteiger partial charge in [0.25, 0.3) is 0 Å². The number of pyridine rings is 2. The van der Waals surface area contributed by atoms with Gasteiger partial charge in [-0.15, -0.1) is 6.58 Å². The van der Waals surface area contributed by atoms with Gasteiger partial charge in [-0.2, -0.15) is 13.2 Å². The second kappa shape index (κ2) is 13.4. The Bertz CT molecular complexity index is 1720. The number of carbonyl (C=O) groups excluding carboxylic acids is 1. The van der Waals surface area contributed by atoms with Crippen LogP contribution < -0.4 is 5.32 Å². The maximum Gasteiger partial charge on any atom is 0.433 e. The fraction of sp³-hybridized carbons (Fsp3) is 0.441. The van der Waals surface area contributed by atoms with Gasteiger partial charge in [0, 0.05) is 48.2 Å². The highest BCUT2D eigenvalue weighted by atomic mass is 32.2. The number of benzene rings is 1. The monoisotopic (exact) mass is 673 g/mol. The number of anilines is 1. The minimum Gasteiger partial charge on any atom is -0.446 e. The van der Waals surface area contributed by atoms with Crippen LogP contribution >= 0.6 is 0 Å². The number of nitrogens with one attached hydrogen (secondary N) is 1. The molecule has 2 unspecified atom stereocenters. The molecule has 2 aliphatic rings. The number of sulfone groups is 1. The zero-order valence-electron chi connectivity index (χ0n) is 26.5. The molecule has 1 N–H and O–H groups in total. The van der Waals surface area contributed by atoms with Crippen LogP contribution in [0.15, 0.2) is 72.4 Å². The van der Waals surface area contributed by atoms with E-state index >= 15 is 0 Å². The predicted molar refractivity (Wildman–Crippen MR) is 170 cm³/mol. The first-order chi connectivity index (χ1) is 22.1. The average molecular weight is 674 g/mol. The van der Waals surface area contributed by atoms with Crippen LogP contribution in [0.1, 0.15) is 64.5 Å². The Morgan fingerprint density at radius 3 is 2.45 bits per heavy atom. The van der Waals surface area contributed by atoms with Gasteiger partial charge in [-0.3, -0.25) is 10.3 Å². The van der Waals surface area contributed by atoms with Crippen molar-refractivity contribution >= 4 is 21.7 Å². The molecular weight excluding hydrogens is 635 g/mol. The minimum atomic E-state index is -4.63. The molecule has 3 aromatic rings. The Kier molecular flexibility index (Phi) is 9.82. The number of ether oxygens (including phenoxy) is 1. The molecule has 1 aliphatic carbocycles. The van der Waals surface area contributed by atoms with Gasteiger partial charge in [0.05, 0.1) is 4.90 Å². The molecule has 1 saturated heterocycles. The molecule has 2 aromatic heterocycles. The number of amides is 1. The number of hydrogen-bond donors (Lipinski definition) is 1. The number of aromatic nitrogens is 2. The molecule has 5 rings (SSSR count). The zero-order chi connectivity index (χ0) is 34.0. The molecule has 252 valence electrons. The topological polar surface area (TPSA) is 117 Å². The molecule has 1 spiro atoms. The molecule has 3 heterocycles. The first-order valence-corrected chi connectivity index (χ1v) is 17.3. The summed E-state index contributed by atoms with van der Waals surface area (Å²) in [7, 11) is -3.42. The summed E-state index contributed by atoms with van der Waals surface area (Å²) in [6, 6.07) is 9.83. The standard InChI is InChI=1S/C34H38F3N3O6S/c1-5-8-25(6-2)32(3)21-33(46-45-32)16-7-9-26(18-33)44-31(41)40-30-28(23-12-15-29(38-19-23)34(35,36)37)17-24(20-39-30)22-10-13-27(14-11-22)47(4,42)43/h5,10-15,17,19-20,25-26H,1,6-9,16,18,21H2,2-4H3,(H,39,40,41)/t25?,26?,32-,33+/m0/s1. The number of carbonyl (C=O) groups is 1. The number of halogens is 3. The van der Waals surface area contributed by atoms with Crippen molar-refractivity contribution < 1.29 is 40.9 Å². The Morgan fingerprint density at radius 1 is 1.13 bits per heavy atom. The van der Waals surface area contributed by atoms with E-state index in [2.05, 4.69) is 28.8 Å². The van der Waals surface area contributed by atoms with Gasteiger partial charge in [0.1, 0.15) is 28.8 Å². The second-order valence-electron chi connectivity index (χ2n) is 12.6. The van der Waals surface area contributed by atoms with Crippen LogP contribution in [0.4, 0.5) is 23.8 Å². The van der Waals surface area contributed by atoms with Crippen LogP contribution in [-0.2, 0) is 30.5 Å². The molecule has 1 aromatic carbocycles. The van der Waals surface area contributed by atoms with Crippen LogP contribution in [0, 0.1) is 5.92 Å². The van der Waals surface area contributed by atoms with Crippen LogP contribution in [0.25, 0.3) is 22.3 Å². The summed E-state index contributed by atoms with van der Waals surface area (Å²) in [5.74, 6) is 0.288. The summed E-state index contributed by atoms with van der Waals surface area (Å²) in [6.45, 7) is 8.02. The van der Waals surface area contributed by atoms with Crippen LogP contribution in [0.3, 0.4) is 0 Å². The summed E-state index contributed by atoms with van der Waals surface area (Å²) < 4.78 is 69.3. The number of alkyl halides is 3. The quantitative estimate of drug-likeness (QED) is 0.179. The molecule has 0 radical (unpaired) electrons. The van der Waals surface area contributed by atoms with Gasteiger partial charge in [0.15, 0.2) is 9.84 Å². The van der Waals surface area contributed by atoms with E-state index in [9.17, 15) is 26.4 Å². The van der Waals surface area contributed by atoms with Gasteiger partial charge in [-0.05, 0) is 68.4 Å². The molecule has 47 heavy (non-hydrogen) atoms. The Labute approximate surface area is 272 Å². The van der Waals surface area contributed by atoms with Crippen molar-refractivity contribution in [1.29, 1.82) is 0 Å². The van der Waals surface area contributed by atoms with Gasteiger partial charge >= 0.3 is 12.3 Å². The lowest BCUT2D eigenvalue weighted by atomic mass is 9.72. The van der Waals surface area contributed by atoms with E-state index in [0.29, 0.717) is 36.0 Å². The van der Waals surface area contributed by atoms with E-state index in [-0.39, 0.29) is 22.2 Å². The molecule has 1 saturated carbocycles. The van der Waals surface area contributed by atoms with Crippen molar-refractivity contribution in [2.45, 2.75) is 87.2 Å². The van der Waals surface area contributed by atoms with Crippen molar-refractivity contribution in [2.75, 3.05) is 11.6 Å². The van der Waals surface area contributed by atoms with E-state index in [0.717, 1.165) is 44.2 Å². The lowest BCUT2D eigenvalue weighted by molar-refractivity contribution is -0.361. The third-order valence-electron chi connectivity index (χ3n) is 9.01. The summed E-state index contributed by atoms with van der Waals surface area (Å²) in [4.78, 5) is 33.2. The Balaban J connectivity index is 1.37. The van der Waals surface area contributed by atoms with Gasteiger partial charge in [0.2, 0.25) is 0 Å². The van der Waals surface area contributed by atoms with E-state index < -0.39 is 45.1 Å². The van der Waals surface area contributed by atoms with E-state index in [1.807, 2.05) is 13.0 Å². The number of nitrogens with zero attached hydrogens (tertiary/aromatic N) is 2. The summed E-state index contributed by atoms with van der Waals surface area (Å²) in [6.07, 6.45) is 4.63. The Hall–Kier alpha value is -3.81. The summed E-state index contributed by atoms with van der Waals surface area (Å²) in [5.41, 5.74) is -0.430. The highest BCUT2D eigenvalue weighted by Crippen LogP contribution is 2.49.